The number of rotatable bonds is 3. The van der Waals surface area contributed by atoms with Crippen molar-refractivity contribution in [1.29, 1.82) is 0 Å². The molecule has 0 aromatic carbocycles. The van der Waals surface area contributed by atoms with E-state index in [0.717, 1.165) is 17.0 Å². The second-order valence-electron chi connectivity index (χ2n) is 4.66. The van der Waals surface area contributed by atoms with Crippen molar-refractivity contribution < 1.29 is 14.9 Å². The van der Waals surface area contributed by atoms with Gasteiger partial charge in [0.05, 0.1) is 0 Å². The maximum atomic E-state index is 11.9. The first-order chi connectivity index (χ1) is 10.3. The first-order valence-electron chi connectivity index (χ1n) is 6.08. The van der Waals surface area contributed by atoms with Crippen molar-refractivity contribution >= 4 is 11.6 Å². The summed E-state index contributed by atoms with van der Waals surface area (Å²) in [5, 5.41) is 22.1. The predicted octanol–water partition coefficient (Wildman–Crippen LogP) is -2.37. The summed E-state index contributed by atoms with van der Waals surface area (Å²) in [6.45, 7) is 3.39. The molecule has 1 aromatic heterocycles. The first kappa shape index (κ1) is 16.4. The van der Waals surface area contributed by atoms with Gasteiger partial charge in [-0.25, -0.2) is 9.59 Å². The molecule has 2 heterocycles. The molecule has 1 aliphatic rings. The van der Waals surface area contributed by atoms with Crippen molar-refractivity contribution in [2.45, 2.75) is 30.1 Å². The lowest BCUT2D eigenvalue weighted by atomic mass is 9.90. The van der Waals surface area contributed by atoms with Crippen molar-refractivity contribution in [3.8, 4) is 11.3 Å². The lowest BCUT2D eigenvalue weighted by Crippen LogP contribution is -2.55. The zero-order chi connectivity index (χ0) is 16.5. The van der Waals surface area contributed by atoms with Crippen molar-refractivity contribution in [1.82, 2.24) is 14.5 Å². The fourth-order valence-electron chi connectivity index (χ4n) is 2.19. The number of aliphatic hydroxyl groups is 2. The van der Waals surface area contributed by atoms with Gasteiger partial charge in [-0.3, -0.25) is 9.55 Å². The smallest absolute Gasteiger partial charge is 0.350 e. The van der Waals surface area contributed by atoms with E-state index >= 15 is 0 Å². The van der Waals surface area contributed by atoms with Crippen LogP contribution < -0.4 is 17.1 Å². The summed E-state index contributed by atoms with van der Waals surface area (Å²) in [6.07, 6.45) is -3.21. The number of nitrogens with zero attached hydrogens (tertiary/aromatic N) is 2. The Balaban J connectivity index is 2.56. The van der Waals surface area contributed by atoms with Crippen LogP contribution >= 0.6 is 11.6 Å². The first-order valence-corrected chi connectivity index (χ1v) is 6.46. The van der Waals surface area contributed by atoms with Gasteiger partial charge in [0.2, 0.25) is 0 Å². The number of halogens is 1. The van der Waals surface area contributed by atoms with Gasteiger partial charge >= 0.3 is 11.4 Å². The number of aromatic amines is 1. The van der Waals surface area contributed by atoms with E-state index in [1.165, 1.54) is 0 Å². The molecule has 0 bridgehead atoms. The number of hydrogen-bond acceptors (Lipinski definition) is 7. The minimum absolute atomic E-state index is 0.849. The van der Waals surface area contributed by atoms with E-state index in [1.807, 2.05) is 10.4 Å². The van der Waals surface area contributed by atoms with Crippen LogP contribution in [0.4, 0.5) is 0 Å². The normalized spacial score (nSPS) is 32.1. The highest BCUT2D eigenvalue weighted by Crippen LogP contribution is 2.37. The molecule has 5 atom stereocenters. The third kappa shape index (κ3) is 2.58. The Kier molecular flexibility index (Phi) is 4.50. The Labute approximate surface area is 129 Å². The predicted molar refractivity (Wildman–Crippen MR) is 75.8 cm³/mol. The average Bonchev–Trinajstić information content (AvgIpc) is 2.72. The van der Waals surface area contributed by atoms with Gasteiger partial charge in [-0.2, -0.15) is 4.98 Å². The number of nitrogens with two attached hydrogens (primary N) is 1. The van der Waals surface area contributed by atoms with Gasteiger partial charge in [0.1, 0.15) is 24.6 Å². The molecule has 2 rings (SSSR count). The maximum Gasteiger partial charge on any atom is 0.350 e. The Morgan fingerprint density at radius 1 is 1.68 bits per heavy atom. The van der Waals surface area contributed by atoms with Gasteiger partial charge in [0, 0.05) is 5.38 Å². The quantitative estimate of drug-likeness (QED) is 0.359. The van der Waals surface area contributed by atoms with Crippen molar-refractivity contribution in [2.24, 2.45) is 5.73 Å². The molecule has 118 valence electrons. The molecule has 1 unspecified atom stereocenters. The van der Waals surface area contributed by atoms with E-state index < -0.39 is 41.5 Å². The topological polar surface area (TPSA) is 143 Å². The van der Waals surface area contributed by atoms with Crippen molar-refractivity contribution in [3.05, 3.63) is 40.0 Å². The molecule has 22 heavy (non-hydrogen) atoms. The summed E-state index contributed by atoms with van der Waals surface area (Å²) in [5.74, 6) is 2.36. The second-order valence-corrected chi connectivity index (χ2v) is 4.85. The Hall–Kier alpha value is -1.96. The van der Waals surface area contributed by atoms with E-state index in [2.05, 4.69) is 17.5 Å². The van der Waals surface area contributed by atoms with Crippen molar-refractivity contribution in [2.75, 3.05) is 0 Å². The minimum Gasteiger partial charge on any atom is -0.387 e. The van der Waals surface area contributed by atoms with Crippen LogP contribution in [0.5, 0.6) is 0 Å². The number of H-pyrrole nitrogens is 1. The van der Waals surface area contributed by atoms with Crippen molar-refractivity contribution in [3.63, 3.8) is 0 Å². The van der Waals surface area contributed by atoms with Gasteiger partial charge in [-0.05, 0) is 11.6 Å². The molecule has 5 N–H and O–H groups in total. The van der Waals surface area contributed by atoms with Crippen LogP contribution in [0.1, 0.15) is 6.23 Å². The molecule has 0 radical (unpaired) electrons. The Bertz CT molecular complexity index is 750. The fourth-order valence-corrected chi connectivity index (χ4v) is 2.35. The highest BCUT2D eigenvalue weighted by molar-refractivity contribution is 6.30. The molecule has 1 aliphatic heterocycles. The highest BCUT2D eigenvalue weighted by Gasteiger charge is 2.56. The van der Waals surface area contributed by atoms with E-state index in [0.29, 0.717) is 0 Å². The number of nitrogens with one attached hydrogen (secondary N) is 1. The maximum absolute atomic E-state index is 11.9. The Morgan fingerprint density at radius 2 is 2.36 bits per heavy atom. The molecule has 1 fully saturated rings. The number of aliphatic hydroxyl groups excluding tert-OH is 2. The molecule has 0 aliphatic carbocycles. The monoisotopic (exact) mass is 328 g/mol. The Morgan fingerprint density at radius 3 is 2.91 bits per heavy atom. The summed E-state index contributed by atoms with van der Waals surface area (Å²) in [6, 6.07) is 0. The van der Waals surface area contributed by atoms with Crippen LogP contribution in [-0.4, -0.2) is 48.6 Å². The average molecular weight is 329 g/mol. The van der Waals surface area contributed by atoms with Gasteiger partial charge in [0.15, 0.2) is 11.8 Å². The molecule has 1 saturated heterocycles. The SMILES string of the molecule is C=C[C@@H](O)[C@H]1O[C@@H](n2cnc(=O)[nH]c2=O)C(N)(C#CCl)[C@H]1O. The number of hydrogen-bond donors (Lipinski definition) is 4. The molecule has 9 nitrogen and oxygen atoms in total. The highest BCUT2D eigenvalue weighted by atomic mass is 35.5. The summed E-state index contributed by atoms with van der Waals surface area (Å²) in [5.41, 5.74) is 2.50. The third-order valence-electron chi connectivity index (χ3n) is 3.34. The lowest BCUT2D eigenvalue weighted by molar-refractivity contribution is -0.0696. The molecule has 0 spiro atoms. The molecular formula is C12H13ClN4O5. The van der Waals surface area contributed by atoms with Gasteiger partial charge < -0.3 is 20.7 Å². The van der Waals surface area contributed by atoms with Gasteiger partial charge in [-0.15, -0.1) is 6.58 Å². The van der Waals surface area contributed by atoms with E-state index in [-0.39, 0.29) is 0 Å². The fraction of sp³-hybridized carbons (Fsp3) is 0.417. The zero-order valence-electron chi connectivity index (χ0n) is 11.1. The van der Waals surface area contributed by atoms with Crippen LogP contribution in [-0.2, 0) is 4.74 Å². The van der Waals surface area contributed by atoms with Crippen LogP contribution in [0, 0.1) is 11.3 Å². The number of ether oxygens (including phenoxy) is 1. The third-order valence-corrected chi connectivity index (χ3v) is 3.43. The summed E-state index contributed by atoms with van der Waals surface area (Å²) in [7, 11) is 0. The van der Waals surface area contributed by atoms with E-state index in [4.69, 9.17) is 22.1 Å². The lowest BCUT2D eigenvalue weighted by Gasteiger charge is -2.27. The minimum atomic E-state index is -1.81. The second kappa shape index (κ2) is 6.04. The zero-order valence-corrected chi connectivity index (χ0v) is 11.9. The van der Waals surface area contributed by atoms with Crippen LogP contribution in [0.2, 0.25) is 0 Å². The number of aromatic nitrogens is 3. The van der Waals surface area contributed by atoms with Gasteiger partial charge in [0.25, 0.3) is 0 Å². The van der Waals surface area contributed by atoms with Gasteiger partial charge in [-0.1, -0.05) is 12.0 Å². The van der Waals surface area contributed by atoms with Crippen LogP contribution in [0.3, 0.4) is 0 Å². The molecular weight excluding hydrogens is 316 g/mol. The van der Waals surface area contributed by atoms with Crippen LogP contribution in [0.25, 0.3) is 0 Å². The summed E-state index contributed by atoms with van der Waals surface area (Å²) < 4.78 is 6.29. The van der Waals surface area contributed by atoms with E-state index in [9.17, 15) is 19.8 Å². The molecule has 0 amide bonds. The molecule has 10 heteroatoms. The molecule has 1 aromatic rings. The largest absolute Gasteiger partial charge is 0.387 e. The summed E-state index contributed by atoms with van der Waals surface area (Å²) in [4.78, 5) is 28.2. The van der Waals surface area contributed by atoms with Crippen LogP contribution in [0.15, 0.2) is 28.6 Å². The standard InChI is InChI=1S/C12H13ClN4O5/c1-2-6(18)7-8(19)12(14,3-4-13)9(22-7)17-5-15-10(20)16-11(17)21/h2,5-9,18-19H,1,14H2,(H,16,20,21)/t6-,7-,8+,9-,12?/m1/s1. The summed E-state index contributed by atoms with van der Waals surface area (Å²) >= 11 is 5.36. The molecule has 0 saturated carbocycles. The van der Waals surface area contributed by atoms with E-state index in [1.54, 1.807) is 0 Å².